The molecule has 0 unspecified atom stereocenters. The molecule has 6 nitrogen and oxygen atoms in total. The van der Waals surface area contributed by atoms with Gasteiger partial charge in [0.1, 0.15) is 0 Å². The van der Waals surface area contributed by atoms with Crippen molar-refractivity contribution in [1.29, 1.82) is 0 Å². The van der Waals surface area contributed by atoms with Gasteiger partial charge in [-0.05, 0) is 88.0 Å². The van der Waals surface area contributed by atoms with E-state index in [1.165, 1.54) is 16.3 Å². The third-order valence-electron chi connectivity index (χ3n) is 14.9. The topological polar surface area (TPSA) is 53.5 Å². The summed E-state index contributed by atoms with van der Waals surface area (Å²) < 4.78 is 7.23. The fourth-order valence-corrected chi connectivity index (χ4v) is 11.5. The summed E-state index contributed by atoms with van der Waals surface area (Å²) in [5, 5.41) is 6.85. The molecular formula is C69H44N6. The van der Waals surface area contributed by atoms with Crippen LogP contribution in [0.5, 0.6) is 0 Å². The van der Waals surface area contributed by atoms with Crippen molar-refractivity contribution in [2.45, 2.75) is 0 Å². The van der Waals surface area contributed by atoms with E-state index in [1.54, 1.807) is 0 Å². The fraction of sp³-hybridized carbons (Fsp3) is 0. The second kappa shape index (κ2) is 17.3. The van der Waals surface area contributed by atoms with Crippen molar-refractivity contribution in [3.05, 3.63) is 267 Å². The summed E-state index contributed by atoms with van der Waals surface area (Å²) in [6, 6.07) is 95.2. The van der Waals surface area contributed by atoms with Gasteiger partial charge in [-0.1, -0.05) is 212 Å². The van der Waals surface area contributed by atoms with E-state index in [-0.39, 0.29) is 0 Å². The first-order chi connectivity index (χ1) is 37.2. The van der Waals surface area contributed by atoms with Crippen molar-refractivity contribution in [1.82, 2.24) is 28.7 Å². The zero-order valence-electron chi connectivity index (χ0n) is 40.6. The summed E-state index contributed by atoms with van der Waals surface area (Å²) in [4.78, 5) is 16.6. The van der Waals surface area contributed by atoms with E-state index in [9.17, 15) is 0 Å². The van der Waals surface area contributed by atoms with Crippen LogP contribution in [0.2, 0.25) is 0 Å². The first-order valence-corrected chi connectivity index (χ1v) is 25.4. The molecule has 0 saturated heterocycles. The highest BCUT2D eigenvalue weighted by Gasteiger charge is 2.28. The van der Waals surface area contributed by atoms with Gasteiger partial charge in [-0.25, -0.2) is 4.98 Å². The normalized spacial score (nSPS) is 11.7. The minimum Gasteiger partial charge on any atom is -0.309 e. The maximum absolute atomic E-state index is 5.61. The lowest BCUT2D eigenvalue weighted by Crippen LogP contribution is -2.07. The summed E-state index contributed by atoms with van der Waals surface area (Å²) in [6.45, 7) is 0. The van der Waals surface area contributed by atoms with Gasteiger partial charge < -0.3 is 9.13 Å². The third kappa shape index (κ3) is 6.92. The van der Waals surface area contributed by atoms with Crippen LogP contribution >= 0.6 is 0 Å². The van der Waals surface area contributed by atoms with Crippen LogP contribution in [0.4, 0.5) is 0 Å². The average molecular weight is 957 g/mol. The molecule has 0 radical (unpaired) electrons. The van der Waals surface area contributed by atoms with Gasteiger partial charge in [0.15, 0.2) is 11.6 Å². The lowest BCUT2D eigenvalue weighted by atomic mass is 10.0. The molecule has 6 heteroatoms. The second-order valence-corrected chi connectivity index (χ2v) is 19.2. The molecule has 0 bridgehead atoms. The van der Waals surface area contributed by atoms with E-state index < -0.39 is 0 Å². The highest BCUT2D eigenvalue weighted by atomic mass is 15.2. The molecule has 0 aliphatic rings. The summed E-state index contributed by atoms with van der Waals surface area (Å²) >= 11 is 0. The Hall–Kier alpha value is -10.2. The monoisotopic (exact) mass is 956 g/mol. The zero-order valence-corrected chi connectivity index (χ0v) is 40.6. The maximum atomic E-state index is 5.61. The van der Waals surface area contributed by atoms with E-state index >= 15 is 0 Å². The summed E-state index contributed by atoms with van der Waals surface area (Å²) in [6.07, 6.45) is 0. The lowest BCUT2D eigenvalue weighted by Gasteiger charge is -2.16. The standard InChI is InChI=1S/C69H44N6/c1-4-20-45(21-5-1)48-38-40-53(41-39-48)73-59-34-14-12-32-56(59)58-44-63(74-60-35-15-10-30-54(60)55-31-11-16-36-61(55)74)64-57-33-13-17-37-62(57)75(66(64)65(58)73)69-71-67(51-28-18-26-49(42-51)46-22-6-2-7-23-46)70-68(72-69)52-29-19-27-50(43-52)47-24-8-3-9-25-47/h1-44H. The molecular weight excluding hydrogens is 913 g/mol. The highest BCUT2D eigenvalue weighted by molar-refractivity contribution is 6.27. The number of hydrogen-bond donors (Lipinski definition) is 0. The Morgan fingerprint density at radius 3 is 1.15 bits per heavy atom. The lowest BCUT2D eigenvalue weighted by molar-refractivity contribution is 0.953. The van der Waals surface area contributed by atoms with Gasteiger partial charge in [0.05, 0.1) is 38.8 Å². The van der Waals surface area contributed by atoms with Gasteiger partial charge in [0, 0.05) is 49.1 Å². The molecule has 15 aromatic rings. The van der Waals surface area contributed by atoms with E-state index in [0.717, 1.165) is 105 Å². The quantitative estimate of drug-likeness (QED) is 0.152. The van der Waals surface area contributed by atoms with E-state index in [4.69, 9.17) is 15.0 Å². The third-order valence-corrected chi connectivity index (χ3v) is 14.9. The minimum absolute atomic E-state index is 0.522. The molecule has 15 rings (SSSR count). The first kappa shape index (κ1) is 42.5. The average Bonchev–Trinajstić information content (AvgIpc) is 4.30. The SMILES string of the molecule is c1ccc(-c2ccc(-n3c4ccccc4c4cc(-n5c6ccccc6c6ccccc65)c5c6ccccc6n(-c6nc(-c7cccc(-c8ccccc8)c7)nc(-c7cccc(-c8ccccc8)c7)n6)c5c43)cc2)cc1. The molecule has 0 aliphatic carbocycles. The Labute approximate surface area is 432 Å². The Balaban J connectivity index is 1.10. The number of fused-ring (bicyclic) bond motifs is 10. The Kier molecular flexibility index (Phi) is 9.78. The maximum Gasteiger partial charge on any atom is 0.238 e. The molecule has 350 valence electrons. The zero-order chi connectivity index (χ0) is 49.4. The molecule has 0 atom stereocenters. The number of nitrogens with zero attached hydrogens (tertiary/aromatic N) is 6. The summed E-state index contributed by atoms with van der Waals surface area (Å²) in [5.41, 5.74) is 17.1. The second-order valence-electron chi connectivity index (χ2n) is 19.2. The molecule has 4 heterocycles. The molecule has 0 aliphatic heterocycles. The van der Waals surface area contributed by atoms with Crippen molar-refractivity contribution in [3.8, 4) is 73.5 Å². The Bertz CT molecular complexity index is 4530. The Morgan fingerprint density at radius 1 is 0.240 bits per heavy atom. The number of rotatable bonds is 8. The molecule has 0 N–H and O–H groups in total. The van der Waals surface area contributed by atoms with Crippen LogP contribution in [0.15, 0.2) is 267 Å². The summed E-state index contributed by atoms with van der Waals surface area (Å²) in [7, 11) is 0. The Morgan fingerprint density at radius 2 is 0.627 bits per heavy atom. The number of aromatic nitrogens is 6. The van der Waals surface area contributed by atoms with Gasteiger partial charge in [0.25, 0.3) is 0 Å². The minimum atomic E-state index is 0.522. The van der Waals surface area contributed by atoms with Crippen LogP contribution < -0.4 is 0 Å². The van der Waals surface area contributed by atoms with Crippen molar-refractivity contribution in [2.24, 2.45) is 0 Å². The molecule has 0 saturated carbocycles. The number of hydrogen-bond acceptors (Lipinski definition) is 3. The van der Waals surface area contributed by atoms with Gasteiger partial charge in [-0.3, -0.25) is 4.57 Å². The smallest absolute Gasteiger partial charge is 0.238 e. The van der Waals surface area contributed by atoms with Crippen LogP contribution in [-0.2, 0) is 0 Å². The fourth-order valence-electron chi connectivity index (χ4n) is 11.5. The van der Waals surface area contributed by atoms with Gasteiger partial charge in [0.2, 0.25) is 5.95 Å². The number of benzene rings is 11. The van der Waals surface area contributed by atoms with Crippen LogP contribution in [-0.4, -0.2) is 28.7 Å². The van der Waals surface area contributed by atoms with Crippen molar-refractivity contribution < 1.29 is 0 Å². The molecule has 0 amide bonds. The molecule has 75 heavy (non-hydrogen) atoms. The van der Waals surface area contributed by atoms with Crippen molar-refractivity contribution >= 4 is 65.4 Å². The number of para-hydroxylation sites is 4. The molecule has 0 spiro atoms. The van der Waals surface area contributed by atoms with E-state index in [1.807, 2.05) is 0 Å². The van der Waals surface area contributed by atoms with Gasteiger partial charge >= 0.3 is 0 Å². The highest BCUT2D eigenvalue weighted by Crippen LogP contribution is 2.47. The van der Waals surface area contributed by atoms with Crippen molar-refractivity contribution in [2.75, 3.05) is 0 Å². The van der Waals surface area contributed by atoms with Crippen LogP contribution in [0, 0.1) is 0 Å². The molecule has 0 fully saturated rings. The van der Waals surface area contributed by atoms with Crippen molar-refractivity contribution in [3.63, 3.8) is 0 Å². The van der Waals surface area contributed by atoms with Crippen LogP contribution in [0.1, 0.15) is 0 Å². The predicted molar refractivity (Wildman–Crippen MR) is 310 cm³/mol. The van der Waals surface area contributed by atoms with E-state index in [0.29, 0.717) is 17.6 Å². The molecule has 11 aromatic carbocycles. The summed E-state index contributed by atoms with van der Waals surface area (Å²) in [5.74, 6) is 1.68. The first-order valence-electron chi connectivity index (χ1n) is 25.4. The van der Waals surface area contributed by atoms with Crippen LogP contribution in [0.25, 0.3) is 139 Å². The largest absolute Gasteiger partial charge is 0.309 e. The molecule has 4 aromatic heterocycles. The predicted octanol–water partition coefficient (Wildman–Crippen LogP) is 17.5. The van der Waals surface area contributed by atoms with Gasteiger partial charge in [-0.2, -0.15) is 9.97 Å². The van der Waals surface area contributed by atoms with Gasteiger partial charge in [-0.15, -0.1) is 0 Å². The van der Waals surface area contributed by atoms with Crippen LogP contribution in [0.3, 0.4) is 0 Å². The van der Waals surface area contributed by atoms with E-state index in [2.05, 4.69) is 281 Å².